The first-order valence-corrected chi connectivity index (χ1v) is 7.58. The highest BCUT2D eigenvalue weighted by Gasteiger charge is 2.20. The molecule has 0 unspecified atom stereocenters. The first-order chi connectivity index (χ1) is 11.5. The molecule has 0 radical (unpaired) electrons. The normalized spacial score (nSPS) is 11.6. The third-order valence-corrected chi connectivity index (χ3v) is 3.68. The lowest BCUT2D eigenvalue weighted by Gasteiger charge is -2.16. The lowest BCUT2D eigenvalue weighted by Crippen LogP contribution is -2.24. The summed E-state index contributed by atoms with van der Waals surface area (Å²) in [6.07, 6.45) is 0.0965. The van der Waals surface area contributed by atoms with Crippen LogP contribution in [0.15, 0.2) is 42.5 Å². The summed E-state index contributed by atoms with van der Waals surface area (Å²) in [7, 11) is 1.43. The van der Waals surface area contributed by atoms with Crippen molar-refractivity contribution in [3.8, 4) is 11.5 Å². The van der Waals surface area contributed by atoms with Crippen molar-refractivity contribution in [2.24, 2.45) is 0 Å². The number of rotatable bonds is 7. The number of Topliss-reactive ketones (excluding diaryl/α,β-unsaturated/α-hetero) is 1. The van der Waals surface area contributed by atoms with Gasteiger partial charge in [-0.15, -0.1) is 0 Å². The van der Waals surface area contributed by atoms with Gasteiger partial charge in [-0.1, -0.05) is 31.2 Å². The van der Waals surface area contributed by atoms with Crippen LogP contribution < -0.4 is 9.47 Å². The molecule has 1 atom stereocenters. The summed E-state index contributed by atoms with van der Waals surface area (Å²) in [5, 5.41) is 10.9. The Morgan fingerprint density at radius 1 is 1.17 bits per heavy atom. The highest BCUT2D eigenvalue weighted by molar-refractivity contribution is 5.99. The van der Waals surface area contributed by atoms with E-state index in [0.29, 0.717) is 11.3 Å². The molecular formula is C18H19NO5. The van der Waals surface area contributed by atoms with Crippen molar-refractivity contribution in [2.75, 3.05) is 7.11 Å². The van der Waals surface area contributed by atoms with Crippen LogP contribution in [0.1, 0.15) is 29.8 Å². The summed E-state index contributed by atoms with van der Waals surface area (Å²) in [5.41, 5.74) is 1.54. The summed E-state index contributed by atoms with van der Waals surface area (Å²) >= 11 is 0. The molecule has 0 bridgehead atoms. The van der Waals surface area contributed by atoms with Gasteiger partial charge in [-0.2, -0.15) is 0 Å². The summed E-state index contributed by atoms with van der Waals surface area (Å²) in [5.74, 6) is 0.297. The van der Waals surface area contributed by atoms with Crippen molar-refractivity contribution in [3.63, 3.8) is 0 Å². The maximum atomic E-state index is 12.5. The molecule has 126 valence electrons. The van der Waals surface area contributed by atoms with Gasteiger partial charge in [0, 0.05) is 11.6 Å². The molecule has 0 saturated heterocycles. The molecule has 0 aromatic heterocycles. The van der Waals surface area contributed by atoms with Crippen LogP contribution in [0.25, 0.3) is 0 Å². The summed E-state index contributed by atoms with van der Waals surface area (Å²) in [6, 6.07) is 11.3. The van der Waals surface area contributed by atoms with Crippen molar-refractivity contribution in [1.82, 2.24) is 0 Å². The number of non-ortho nitro benzene ring substituents is 1. The molecule has 0 N–H and O–H groups in total. The Balaban J connectivity index is 2.21. The summed E-state index contributed by atoms with van der Waals surface area (Å²) in [6.45, 7) is 3.64. The van der Waals surface area contributed by atoms with Crippen LogP contribution in [-0.2, 0) is 6.42 Å². The van der Waals surface area contributed by atoms with Crippen LogP contribution >= 0.6 is 0 Å². The molecular weight excluding hydrogens is 310 g/mol. The lowest BCUT2D eigenvalue weighted by atomic mass is 10.0. The van der Waals surface area contributed by atoms with Gasteiger partial charge in [0.25, 0.3) is 5.69 Å². The highest BCUT2D eigenvalue weighted by Crippen LogP contribution is 2.32. The number of ether oxygens (including phenoxy) is 2. The minimum Gasteiger partial charge on any atom is -0.493 e. The molecule has 0 aliphatic rings. The molecule has 0 aliphatic carbocycles. The Labute approximate surface area is 140 Å². The first-order valence-electron chi connectivity index (χ1n) is 7.58. The van der Waals surface area contributed by atoms with Crippen LogP contribution in [-0.4, -0.2) is 23.9 Å². The number of carbonyl (C=O) groups excluding carboxylic acids is 1. The molecule has 0 heterocycles. The van der Waals surface area contributed by atoms with Crippen LogP contribution in [0, 0.1) is 10.1 Å². The topological polar surface area (TPSA) is 78.7 Å². The SMILES string of the molecule is CCc1ccc(C(=O)[C@H](C)Oc2cc([N+](=O)[O-])ccc2OC)cc1. The minimum absolute atomic E-state index is 0.127. The number of carbonyl (C=O) groups is 1. The molecule has 0 fully saturated rings. The van der Waals surface area contributed by atoms with E-state index in [1.54, 1.807) is 19.1 Å². The standard InChI is InChI=1S/C18H19NO5/c1-4-13-5-7-14(8-6-13)18(20)12(2)24-17-11-15(19(21)22)9-10-16(17)23-3/h5-12H,4H2,1-3H3/t12-/m0/s1. The number of ketones is 1. The van der Waals surface area contributed by atoms with E-state index in [4.69, 9.17) is 9.47 Å². The Hall–Kier alpha value is -2.89. The number of hydrogen-bond acceptors (Lipinski definition) is 5. The first kappa shape index (κ1) is 17.5. The Kier molecular flexibility index (Phi) is 5.52. The number of aryl methyl sites for hydroxylation is 1. The monoisotopic (exact) mass is 329 g/mol. The number of benzene rings is 2. The third-order valence-electron chi connectivity index (χ3n) is 3.68. The van der Waals surface area contributed by atoms with Gasteiger partial charge in [0.05, 0.1) is 18.1 Å². The van der Waals surface area contributed by atoms with Crippen molar-refractivity contribution >= 4 is 11.5 Å². The zero-order chi connectivity index (χ0) is 17.7. The number of methoxy groups -OCH3 is 1. The molecule has 0 aliphatic heterocycles. The second-order valence-electron chi connectivity index (χ2n) is 5.27. The van der Waals surface area contributed by atoms with E-state index in [9.17, 15) is 14.9 Å². The van der Waals surface area contributed by atoms with Gasteiger partial charge in [-0.05, 0) is 25.0 Å². The van der Waals surface area contributed by atoms with E-state index in [-0.39, 0.29) is 17.2 Å². The van der Waals surface area contributed by atoms with Crippen molar-refractivity contribution in [1.29, 1.82) is 0 Å². The van der Waals surface area contributed by atoms with E-state index in [0.717, 1.165) is 12.0 Å². The summed E-state index contributed by atoms with van der Waals surface area (Å²) < 4.78 is 10.8. The van der Waals surface area contributed by atoms with Crippen LogP contribution in [0.5, 0.6) is 11.5 Å². The zero-order valence-corrected chi connectivity index (χ0v) is 13.8. The quantitative estimate of drug-likeness (QED) is 0.438. The Morgan fingerprint density at radius 2 is 1.83 bits per heavy atom. The van der Waals surface area contributed by atoms with Gasteiger partial charge in [0.15, 0.2) is 17.6 Å². The highest BCUT2D eigenvalue weighted by atomic mass is 16.6. The Bertz CT molecular complexity index is 740. The van der Waals surface area contributed by atoms with E-state index < -0.39 is 11.0 Å². The fourth-order valence-corrected chi connectivity index (χ4v) is 2.25. The fraction of sp³-hybridized carbons (Fsp3) is 0.278. The largest absolute Gasteiger partial charge is 0.493 e. The second kappa shape index (κ2) is 7.59. The minimum atomic E-state index is -0.798. The lowest BCUT2D eigenvalue weighted by molar-refractivity contribution is -0.385. The van der Waals surface area contributed by atoms with Gasteiger partial charge in [0.2, 0.25) is 5.78 Å². The number of nitro benzene ring substituents is 1. The van der Waals surface area contributed by atoms with Gasteiger partial charge >= 0.3 is 0 Å². The van der Waals surface area contributed by atoms with Gasteiger partial charge in [0.1, 0.15) is 0 Å². The van der Waals surface area contributed by atoms with Gasteiger partial charge < -0.3 is 9.47 Å². The van der Waals surface area contributed by atoms with E-state index in [1.165, 1.54) is 25.3 Å². The molecule has 6 heteroatoms. The zero-order valence-electron chi connectivity index (χ0n) is 13.8. The Morgan fingerprint density at radius 3 is 2.38 bits per heavy atom. The van der Waals surface area contributed by atoms with Crippen molar-refractivity contribution in [3.05, 3.63) is 63.7 Å². The van der Waals surface area contributed by atoms with Crippen LogP contribution in [0.3, 0.4) is 0 Å². The molecule has 6 nitrogen and oxygen atoms in total. The second-order valence-corrected chi connectivity index (χ2v) is 5.27. The maximum Gasteiger partial charge on any atom is 0.273 e. The molecule has 24 heavy (non-hydrogen) atoms. The fourth-order valence-electron chi connectivity index (χ4n) is 2.25. The van der Waals surface area contributed by atoms with Gasteiger partial charge in [-0.25, -0.2) is 0 Å². The van der Waals surface area contributed by atoms with E-state index in [2.05, 4.69) is 0 Å². The average Bonchev–Trinajstić information content (AvgIpc) is 2.60. The maximum absolute atomic E-state index is 12.5. The predicted molar refractivity (Wildman–Crippen MR) is 89.9 cm³/mol. The molecule has 0 amide bonds. The number of nitro groups is 1. The van der Waals surface area contributed by atoms with E-state index >= 15 is 0 Å². The molecule has 2 aromatic carbocycles. The molecule has 0 saturated carbocycles. The van der Waals surface area contributed by atoms with E-state index in [1.807, 2.05) is 19.1 Å². The molecule has 0 spiro atoms. The summed E-state index contributed by atoms with van der Waals surface area (Å²) in [4.78, 5) is 22.8. The van der Waals surface area contributed by atoms with Gasteiger partial charge in [-0.3, -0.25) is 14.9 Å². The van der Waals surface area contributed by atoms with Crippen LogP contribution in [0.4, 0.5) is 5.69 Å². The average molecular weight is 329 g/mol. The van der Waals surface area contributed by atoms with Crippen molar-refractivity contribution < 1.29 is 19.2 Å². The number of nitrogens with zero attached hydrogens (tertiary/aromatic N) is 1. The predicted octanol–water partition coefficient (Wildman–Crippen LogP) is 3.82. The molecule has 2 rings (SSSR count). The van der Waals surface area contributed by atoms with Crippen molar-refractivity contribution in [2.45, 2.75) is 26.4 Å². The smallest absolute Gasteiger partial charge is 0.273 e. The number of hydrogen-bond donors (Lipinski definition) is 0. The third kappa shape index (κ3) is 3.90. The van der Waals surface area contributed by atoms with Crippen LogP contribution in [0.2, 0.25) is 0 Å². The molecule has 2 aromatic rings.